The minimum atomic E-state index is -3.74. The number of sulfonamides is 1. The lowest BCUT2D eigenvalue weighted by Gasteiger charge is -2.11. The Morgan fingerprint density at radius 2 is 1.45 bits per heavy atom. The summed E-state index contributed by atoms with van der Waals surface area (Å²) in [6, 6.07) is 18.2. The standard InChI is InChI=1S/C23H24N2O5S/c1-16-4-5-19(14-17(16)2)25-31(27,28)22-12-6-18(7-13-22)24-23(26)15-30-21-10-8-20(29-3)9-11-21/h4-14,25H,15H2,1-3H3,(H,24,26). The normalized spacial score (nSPS) is 10.9. The molecule has 31 heavy (non-hydrogen) atoms. The molecule has 3 aromatic rings. The Labute approximate surface area is 182 Å². The van der Waals surface area contributed by atoms with E-state index in [0.717, 1.165) is 11.1 Å². The van der Waals surface area contributed by atoms with Gasteiger partial charge in [0.25, 0.3) is 15.9 Å². The summed E-state index contributed by atoms with van der Waals surface area (Å²) in [7, 11) is -2.17. The first-order valence-electron chi connectivity index (χ1n) is 9.54. The maximum absolute atomic E-state index is 12.6. The van der Waals surface area contributed by atoms with Crippen molar-refractivity contribution in [3.05, 3.63) is 77.9 Å². The monoisotopic (exact) mass is 440 g/mol. The smallest absolute Gasteiger partial charge is 0.262 e. The topological polar surface area (TPSA) is 93.7 Å². The second-order valence-corrected chi connectivity index (χ2v) is 8.62. The SMILES string of the molecule is COc1ccc(OCC(=O)Nc2ccc(S(=O)(=O)Nc3ccc(C)c(C)c3)cc2)cc1. The molecule has 0 spiro atoms. The summed E-state index contributed by atoms with van der Waals surface area (Å²) < 4.78 is 38.3. The van der Waals surface area contributed by atoms with Crippen LogP contribution in [0.5, 0.6) is 11.5 Å². The van der Waals surface area contributed by atoms with Gasteiger partial charge < -0.3 is 14.8 Å². The highest BCUT2D eigenvalue weighted by Crippen LogP contribution is 2.21. The van der Waals surface area contributed by atoms with Crippen LogP contribution in [0.2, 0.25) is 0 Å². The number of rotatable bonds is 8. The van der Waals surface area contributed by atoms with Gasteiger partial charge in [0, 0.05) is 11.4 Å². The van der Waals surface area contributed by atoms with Gasteiger partial charge in [-0.15, -0.1) is 0 Å². The fraction of sp³-hybridized carbons (Fsp3) is 0.174. The van der Waals surface area contributed by atoms with Crippen molar-refractivity contribution in [1.29, 1.82) is 0 Å². The van der Waals surface area contributed by atoms with Crippen molar-refractivity contribution < 1.29 is 22.7 Å². The number of hydrogen-bond acceptors (Lipinski definition) is 5. The van der Waals surface area contributed by atoms with Gasteiger partial charge in [-0.2, -0.15) is 0 Å². The summed E-state index contributed by atoms with van der Waals surface area (Å²) in [5, 5.41) is 2.67. The lowest BCUT2D eigenvalue weighted by atomic mass is 10.1. The molecular weight excluding hydrogens is 416 g/mol. The number of carbonyl (C=O) groups excluding carboxylic acids is 1. The molecule has 0 atom stereocenters. The van der Waals surface area contributed by atoms with Crippen molar-refractivity contribution in [3.63, 3.8) is 0 Å². The van der Waals surface area contributed by atoms with E-state index in [-0.39, 0.29) is 17.4 Å². The molecule has 0 aliphatic rings. The predicted molar refractivity (Wildman–Crippen MR) is 120 cm³/mol. The predicted octanol–water partition coefficient (Wildman–Crippen LogP) is 4.13. The van der Waals surface area contributed by atoms with Gasteiger partial charge in [0.2, 0.25) is 0 Å². The molecule has 0 saturated carbocycles. The molecule has 162 valence electrons. The zero-order valence-electron chi connectivity index (χ0n) is 17.5. The second-order valence-electron chi connectivity index (χ2n) is 6.94. The van der Waals surface area contributed by atoms with Crippen LogP contribution >= 0.6 is 0 Å². The van der Waals surface area contributed by atoms with Crippen molar-refractivity contribution in [2.24, 2.45) is 0 Å². The zero-order valence-corrected chi connectivity index (χ0v) is 18.3. The minimum absolute atomic E-state index is 0.0956. The average Bonchev–Trinajstić information content (AvgIpc) is 2.75. The summed E-state index contributed by atoms with van der Waals surface area (Å²) in [5.74, 6) is 0.869. The highest BCUT2D eigenvalue weighted by atomic mass is 32.2. The van der Waals surface area contributed by atoms with Gasteiger partial charge in [-0.3, -0.25) is 9.52 Å². The van der Waals surface area contributed by atoms with Gasteiger partial charge >= 0.3 is 0 Å². The molecule has 0 bridgehead atoms. The molecular formula is C23H24N2O5S. The number of ether oxygens (including phenoxy) is 2. The molecule has 3 rings (SSSR count). The Balaban J connectivity index is 1.58. The Kier molecular flexibility index (Phi) is 6.81. The van der Waals surface area contributed by atoms with E-state index < -0.39 is 10.0 Å². The Bertz CT molecular complexity index is 1160. The molecule has 0 unspecified atom stereocenters. The molecule has 0 heterocycles. The number of anilines is 2. The number of methoxy groups -OCH3 is 1. The number of carbonyl (C=O) groups is 1. The molecule has 0 saturated heterocycles. The molecule has 2 N–H and O–H groups in total. The third-order valence-corrected chi connectivity index (χ3v) is 6.03. The molecule has 3 aromatic carbocycles. The first kappa shape index (κ1) is 22.2. The zero-order chi connectivity index (χ0) is 22.4. The summed E-state index contributed by atoms with van der Waals surface area (Å²) >= 11 is 0. The summed E-state index contributed by atoms with van der Waals surface area (Å²) in [6.07, 6.45) is 0. The largest absolute Gasteiger partial charge is 0.497 e. The molecule has 0 aliphatic carbocycles. The average molecular weight is 441 g/mol. The van der Waals surface area contributed by atoms with Crippen LogP contribution in [0.3, 0.4) is 0 Å². The molecule has 7 nitrogen and oxygen atoms in total. The summed E-state index contributed by atoms with van der Waals surface area (Å²) in [5.41, 5.74) is 3.04. The van der Waals surface area contributed by atoms with Crippen LogP contribution in [-0.4, -0.2) is 28.0 Å². The first-order valence-corrected chi connectivity index (χ1v) is 11.0. The number of hydrogen-bond donors (Lipinski definition) is 2. The van der Waals surface area contributed by atoms with Crippen molar-refractivity contribution in [1.82, 2.24) is 0 Å². The maximum Gasteiger partial charge on any atom is 0.262 e. The fourth-order valence-electron chi connectivity index (χ4n) is 2.75. The Morgan fingerprint density at radius 1 is 0.839 bits per heavy atom. The molecule has 0 radical (unpaired) electrons. The van der Waals surface area contributed by atoms with Gasteiger partial charge in [-0.05, 0) is 85.6 Å². The van der Waals surface area contributed by atoms with Crippen LogP contribution in [0.25, 0.3) is 0 Å². The van der Waals surface area contributed by atoms with E-state index in [4.69, 9.17) is 9.47 Å². The third kappa shape index (κ3) is 5.99. The van der Waals surface area contributed by atoms with E-state index in [1.807, 2.05) is 19.9 Å². The van der Waals surface area contributed by atoms with E-state index in [0.29, 0.717) is 22.9 Å². The first-order chi connectivity index (χ1) is 14.8. The maximum atomic E-state index is 12.6. The van der Waals surface area contributed by atoms with Crippen molar-refractivity contribution in [3.8, 4) is 11.5 Å². The van der Waals surface area contributed by atoms with Crippen LogP contribution in [0.4, 0.5) is 11.4 Å². The van der Waals surface area contributed by atoms with Gasteiger partial charge in [-0.25, -0.2) is 8.42 Å². The molecule has 0 aromatic heterocycles. The van der Waals surface area contributed by atoms with Crippen molar-refractivity contribution in [2.45, 2.75) is 18.7 Å². The van der Waals surface area contributed by atoms with E-state index in [9.17, 15) is 13.2 Å². The highest BCUT2D eigenvalue weighted by molar-refractivity contribution is 7.92. The molecule has 8 heteroatoms. The number of nitrogens with one attached hydrogen (secondary N) is 2. The Morgan fingerprint density at radius 3 is 2.06 bits per heavy atom. The second kappa shape index (κ2) is 9.53. The van der Waals surface area contributed by atoms with Crippen molar-refractivity contribution >= 4 is 27.3 Å². The fourth-order valence-corrected chi connectivity index (χ4v) is 3.80. The Hall–Kier alpha value is -3.52. The van der Waals surface area contributed by atoms with Crippen LogP contribution in [0.15, 0.2) is 71.6 Å². The van der Waals surface area contributed by atoms with Gasteiger partial charge in [0.15, 0.2) is 6.61 Å². The number of aryl methyl sites for hydroxylation is 2. The van der Waals surface area contributed by atoms with Gasteiger partial charge in [0.1, 0.15) is 11.5 Å². The van der Waals surface area contributed by atoms with Crippen LogP contribution < -0.4 is 19.5 Å². The van der Waals surface area contributed by atoms with E-state index >= 15 is 0 Å². The third-order valence-electron chi connectivity index (χ3n) is 4.64. The van der Waals surface area contributed by atoms with E-state index in [1.54, 1.807) is 43.5 Å². The van der Waals surface area contributed by atoms with Crippen LogP contribution in [0.1, 0.15) is 11.1 Å². The molecule has 0 aliphatic heterocycles. The van der Waals surface area contributed by atoms with E-state index in [1.165, 1.54) is 24.3 Å². The quantitative estimate of drug-likeness (QED) is 0.549. The van der Waals surface area contributed by atoms with Crippen LogP contribution in [-0.2, 0) is 14.8 Å². The van der Waals surface area contributed by atoms with Gasteiger partial charge in [0.05, 0.1) is 12.0 Å². The lowest BCUT2D eigenvalue weighted by molar-refractivity contribution is -0.118. The molecule has 1 amide bonds. The minimum Gasteiger partial charge on any atom is -0.497 e. The number of amides is 1. The number of benzene rings is 3. The van der Waals surface area contributed by atoms with Gasteiger partial charge in [-0.1, -0.05) is 6.07 Å². The van der Waals surface area contributed by atoms with Crippen LogP contribution in [0, 0.1) is 13.8 Å². The summed E-state index contributed by atoms with van der Waals surface area (Å²) in [6.45, 7) is 3.70. The molecule has 0 fully saturated rings. The summed E-state index contributed by atoms with van der Waals surface area (Å²) in [4.78, 5) is 12.2. The van der Waals surface area contributed by atoms with Crippen molar-refractivity contribution in [2.75, 3.05) is 23.8 Å². The van der Waals surface area contributed by atoms with E-state index in [2.05, 4.69) is 10.0 Å². The lowest BCUT2D eigenvalue weighted by Crippen LogP contribution is -2.20. The highest BCUT2D eigenvalue weighted by Gasteiger charge is 2.15.